The molecule has 0 aliphatic heterocycles. The first kappa shape index (κ1) is 17.0. The van der Waals surface area contributed by atoms with Gasteiger partial charge in [0.05, 0.1) is 0 Å². The summed E-state index contributed by atoms with van der Waals surface area (Å²) in [6, 6.07) is 14.0. The van der Waals surface area contributed by atoms with Crippen LogP contribution in [0.2, 0.25) is 0 Å². The van der Waals surface area contributed by atoms with Crippen LogP contribution in [0, 0.1) is 13.8 Å². The molecule has 0 atom stereocenters. The van der Waals surface area contributed by atoms with E-state index < -0.39 is 0 Å². The summed E-state index contributed by atoms with van der Waals surface area (Å²) in [4.78, 5) is 12.5. The highest BCUT2D eigenvalue weighted by Crippen LogP contribution is 2.23. The van der Waals surface area contributed by atoms with Crippen molar-refractivity contribution in [3.8, 4) is 0 Å². The van der Waals surface area contributed by atoms with Crippen molar-refractivity contribution in [3.05, 3.63) is 75.9 Å². The van der Waals surface area contributed by atoms with Gasteiger partial charge in [-0.1, -0.05) is 35.9 Å². The fourth-order valence-electron chi connectivity index (χ4n) is 2.52. The Labute approximate surface area is 139 Å². The lowest BCUT2D eigenvalue weighted by Gasteiger charge is -2.12. The minimum Gasteiger partial charge on any atom is -0.348 e. The van der Waals surface area contributed by atoms with E-state index in [1.807, 2.05) is 36.4 Å². The summed E-state index contributed by atoms with van der Waals surface area (Å²) in [5.74, 6) is -0.0314. The minimum absolute atomic E-state index is 0.0314. The molecule has 0 aliphatic carbocycles. The number of rotatable bonds is 4. The summed E-state index contributed by atoms with van der Waals surface area (Å²) in [7, 11) is 0. The maximum absolute atomic E-state index is 12.5. The first-order valence-corrected chi connectivity index (χ1v) is 7.98. The molecule has 1 N–H and O–H groups in total. The summed E-state index contributed by atoms with van der Waals surface area (Å²) in [5, 5.41) is 3.02. The average Bonchev–Trinajstić information content (AvgIpc) is 2.53. The molecule has 0 heterocycles. The van der Waals surface area contributed by atoms with Gasteiger partial charge in [-0.2, -0.15) is 0 Å². The largest absolute Gasteiger partial charge is 0.348 e. The summed E-state index contributed by atoms with van der Waals surface area (Å²) in [6.07, 6.45) is 0. The van der Waals surface area contributed by atoms with Crippen LogP contribution in [-0.4, -0.2) is 5.91 Å². The third-order valence-electron chi connectivity index (χ3n) is 4.35. The lowest BCUT2D eigenvalue weighted by Crippen LogP contribution is -2.23. The van der Waals surface area contributed by atoms with Crippen LogP contribution in [-0.2, 0) is 6.54 Å². The van der Waals surface area contributed by atoms with Crippen molar-refractivity contribution in [2.45, 2.75) is 41.2 Å². The summed E-state index contributed by atoms with van der Waals surface area (Å²) < 4.78 is 0. The number of nitrogens with one attached hydrogen (secondary N) is 1. The lowest BCUT2D eigenvalue weighted by atomic mass is 9.96. The van der Waals surface area contributed by atoms with E-state index in [4.69, 9.17) is 0 Å². The van der Waals surface area contributed by atoms with Crippen LogP contribution in [0.15, 0.2) is 48.0 Å². The fraction of sp³-hybridized carbons (Fsp3) is 0.286. The normalized spacial score (nSPS) is 10.3. The van der Waals surface area contributed by atoms with Crippen LogP contribution in [0.4, 0.5) is 0 Å². The quantitative estimate of drug-likeness (QED) is 0.841. The Bertz CT molecular complexity index is 752. The van der Waals surface area contributed by atoms with E-state index in [9.17, 15) is 4.79 Å². The molecule has 0 saturated heterocycles. The molecule has 1 amide bonds. The van der Waals surface area contributed by atoms with Crippen LogP contribution < -0.4 is 5.32 Å². The monoisotopic (exact) mass is 307 g/mol. The van der Waals surface area contributed by atoms with Crippen LogP contribution in [0.25, 0.3) is 5.57 Å². The molecule has 0 saturated carbocycles. The van der Waals surface area contributed by atoms with Crippen LogP contribution in [0.5, 0.6) is 0 Å². The summed E-state index contributed by atoms with van der Waals surface area (Å²) >= 11 is 0. The van der Waals surface area contributed by atoms with Crippen molar-refractivity contribution in [2.75, 3.05) is 0 Å². The van der Waals surface area contributed by atoms with Crippen LogP contribution in [0.1, 0.15) is 53.4 Å². The summed E-state index contributed by atoms with van der Waals surface area (Å²) in [5.41, 5.74) is 7.89. The number of allylic oxidation sites excluding steroid dienone is 2. The number of hydrogen-bond donors (Lipinski definition) is 1. The van der Waals surface area contributed by atoms with Crippen molar-refractivity contribution in [1.29, 1.82) is 0 Å². The van der Waals surface area contributed by atoms with E-state index >= 15 is 0 Å². The predicted octanol–water partition coefficient (Wildman–Crippen LogP) is 5.05. The second-order valence-electron chi connectivity index (χ2n) is 6.26. The number of amides is 1. The van der Waals surface area contributed by atoms with E-state index in [0.717, 1.165) is 11.1 Å². The Hall–Kier alpha value is -2.35. The van der Waals surface area contributed by atoms with Gasteiger partial charge in [0.1, 0.15) is 0 Å². The van der Waals surface area contributed by atoms with Gasteiger partial charge >= 0.3 is 0 Å². The average molecular weight is 307 g/mol. The second kappa shape index (κ2) is 7.28. The van der Waals surface area contributed by atoms with Gasteiger partial charge in [-0.05, 0) is 74.6 Å². The second-order valence-corrected chi connectivity index (χ2v) is 6.26. The SMILES string of the molecule is CC(C)=C(C)c1cc(C(=O)NCc2ccccc2C)ccc1C. The molecule has 0 aliphatic rings. The topological polar surface area (TPSA) is 29.1 Å². The molecule has 0 bridgehead atoms. The smallest absolute Gasteiger partial charge is 0.251 e. The zero-order valence-corrected chi connectivity index (χ0v) is 14.7. The minimum atomic E-state index is -0.0314. The highest BCUT2D eigenvalue weighted by Gasteiger charge is 2.10. The van der Waals surface area contributed by atoms with E-state index in [1.54, 1.807) is 0 Å². The number of carbonyl (C=O) groups is 1. The molecular weight excluding hydrogens is 282 g/mol. The van der Waals surface area contributed by atoms with E-state index in [-0.39, 0.29) is 5.91 Å². The molecule has 0 unspecified atom stereocenters. The van der Waals surface area contributed by atoms with Gasteiger partial charge in [0.2, 0.25) is 0 Å². The van der Waals surface area contributed by atoms with Gasteiger partial charge in [0.25, 0.3) is 5.91 Å². The molecular formula is C21H25NO. The van der Waals surface area contributed by atoms with Crippen molar-refractivity contribution in [3.63, 3.8) is 0 Å². The van der Waals surface area contributed by atoms with Gasteiger partial charge in [-0.3, -0.25) is 4.79 Å². The zero-order chi connectivity index (χ0) is 17.0. The Morgan fingerprint density at radius 3 is 2.30 bits per heavy atom. The first-order chi connectivity index (χ1) is 10.9. The first-order valence-electron chi connectivity index (χ1n) is 7.98. The highest BCUT2D eigenvalue weighted by atomic mass is 16.1. The van der Waals surface area contributed by atoms with Crippen molar-refractivity contribution < 1.29 is 4.79 Å². The highest BCUT2D eigenvalue weighted by molar-refractivity contribution is 5.95. The van der Waals surface area contributed by atoms with Crippen molar-refractivity contribution in [1.82, 2.24) is 5.32 Å². The van der Waals surface area contributed by atoms with Gasteiger partial charge < -0.3 is 5.32 Å². The van der Waals surface area contributed by atoms with Gasteiger partial charge in [0, 0.05) is 12.1 Å². The number of benzene rings is 2. The molecule has 0 fully saturated rings. The van der Waals surface area contributed by atoms with Gasteiger partial charge in [0.15, 0.2) is 0 Å². The Morgan fingerprint density at radius 2 is 1.65 bits per heavy atom. The van der Waals surface area contributed by atoms with E-state index in [2.05, 4.69) is 46.0 Å². The lowest BCUT2D eigenvalue weighted by molar-refractivity contribution is 0.0951. The molecule has 2 rings (SSSR count). The van der Waals surface area contributed by atoms with E-state index in [1.165, 1.54) is 22.3 Å². The maximum atomic E-state index is 12.5. The Balaban J connectivity index is 2.19. The fourth-order valence-corrected chi connectivity index (χ4v) is 2.52. The molecule has 2 heteroatoms. The van der Waals surface area contributed by atoms with Crippen LogP contribution >= 0.6 is 0 Å². The Morgan fingerprint density at radius 1 is 0.957 bits per heavy atom. The van der Waals surface area contributed by atoms with E-state index in [0.29, 0.717) is 12.1 Å². The van der Waals surface area contributed by atoms with Crippen molar-refractivity contribution in [2.24, 2.45) is 0 Å². The number of aryl methyl sites for hydroxylation is 2. The number of hydrogen-bond acceptors (Lipinski definition) is 1. The molecule has 2 nitrogen and oxygen atoms in total. The van der Waals surface area contributed by atoms with Gasteiger partial charge in [-0.25, -0.2) is 0 Å². The molecule has 0 aromatic heterocycles. The maximum Gasteiger partial charge on any atom is 0.251 e. The molecule has 120 valence electrons. The van der Waals surface area contributed by atoms with Crippen molar-refractivity contribution >= 4 is 11.5 Å². The third kappa shape index (κ3) is 4.10. The standard InChI is InChI=1S/C21H25NO/c1-14(2)17(5)20-12-18(11-10-16(20)4)21(23)22-13-19-9-7-6-8-15(19)3/h6-12H,13H2,1-5H3,(H,22,23). The molecule has 2 aromatic carbocycles. The Kier molecular flexibility index (Phi) is 5.38. The molecule has 0 spiro atoms. The molecule has 2 aromatic rings. The summed E-state index contributed by atoms with van der Waals surface area (Å²) in [6.45, 7) is 11.0. The number of carbonyl (C=O) groups excluding carboxylic acids is 1. The van der Waals surface area contributed by atoms with Crippen LogP contribution in [0.3, 0.4) is 0 Å². The van der Waals surface area contributed by atoms with Gasteiger partial charge in [-0.15, -0.1) is 0 Å². The third-order valence-corrected chi connectivity index (χ3v) is 4.35. The predicted molar refractivity (Wildman–Crippen MR) is 97.5 cm³/mol. The molecule has 0 radical (unpaired) electrons. The zero-order valence-electron chi connectivity index (χ0n) is 14.7. The molecule has 23 heavy (non-hydrogen) atoms.